The normalized spacial score (nSPS) is 15.4. The first-order chi connectivity index (χ1) is 14.4. The van der Waals surface area contributed by atoms with Crippen molar-refractivity contribution in [3.8, 4) is 22.6 Å². The number of furan rings is 1. The van der Waals surface area contributed by atoms with Crippen LogP contribution in [0.4, 0.5) is 0 Å². The van der Waals surface area contributed by atoms with Crippen LogP contribution >= 0.6 is 0 Å². The Morgan fingerprint density at radius 2 is 0.935 bits per heavy atom. The van der Waals surface area contributed by atoms with Crippen molar-refractivity contribution in [2.24, 2.45) is 0 Å². The summed E-state index contributed by atoms with van der Waals surface area (Å²) in [6, 6.07) is 21.1. The summed E-state index contributed by atoms with van der Waals surface area (Å²) in [6.07, 6.45) is 2.31. The molecule has 0 unspecified atom stereocenters. The standard InChI is InChI=1S/C24H24N4O.2ClH/c1-13-25-23(26-14-1)19-7-3-17(4-8-19)21-11-12-22(29-21)18-5-9-20(10-6-18)24-27-15-2-16-28-24;;/h3-12H,1-2,13-16H2,(H,25,26)(H,27,28);2*1H. The van der Waals surface area contributed by atoms with Crippen molar-refractivity contribution in [1.29, 1.82) is 0 Å². The second-order valence-electron chi connectivity index (χ2n) is 7.48. The number of amidine groups is 2. The first-order valence-corrected chi connectivity index (χ1v) is 10.4. The second-order valence-corrected chi connectivity index (χ2v) is 7.48. The van der Waals surface area contributed by atoms with E-state index < -0.39 is 0 Å². The molecule has 2 aliphatic rings. The number of nitrogens with one attached hydrogen (secondary N) is 4. The minimum Gasteiger partial charge on any atom is -1.00 e. The van der Waals surface area contributed by atoms with Gasteiger partial charge in [0.25, 0.3) is 11.7 Å². The number of halogens is 2. The first-order valence-electron chi connectivity index (χ1n) is 10.4. The Labute approximate surface area is 194 Å². The average molecular weight is 457 g/mol. The molecule has 4 N–H and O–H groups in total. The lowest BCUT2D eigenvalue weighted by Gasteiger charge is -2.08. The van der Waals surface area contributed by atoms with Crippen molar-refractivity contribution in [2.45, 2.75) is 12.8 Å². The maximum absolute atomic E-state index is 6.15. The molecular formula is C24H26Cl2N4O. The molecular weight excluding hydrogens is 431 g/mol. The van der Waals surface area contributed by atoms with E-state index in [4.69, 9.17) is 4.42 Å². The maximum atomic E-state index is 6.15. The summed E-state index contributed by atoms with van der Waals surface area (Å²) in [5.41, 5.74) is 4.52. The van der Waals surface area contributed by atoms with Gasteiger partial charge in [-0.05, 0) is 36.4 Å². The van der Waals surface area contributed by atoms with Crippen LogP contribution in [-0.2, 0) is 0 Å². The van der Waals surface area contributed by atoms with E-state index in [2.05, 4.69) is 69.1 Å². The van der Waals surface area contributed by atoms with Gasteiger partial charge >= 0.3 is 0 Å². The SMILES string of the molecule is [Cl-].[Cl-].c1cc(-c2ccc(-c3ccc(C4=[NH+]CCCN4)cc3)o2)ccc1C1=[NH+]CCCN1. The van der Waals surface area contributed by atoms with Crippen LogP contribution in [0, 0.1) is 0 Å². The molecule has 5 nitrogen and oxygen atoms in total. The van der Waals surface area contributed by atoms with Crippen LogP contribution < -0.4 is 45.4 Å². The summed E-state index contributed by atoms with van der Waals surface area (Å²) in [5.74, 6) is 4.00. The van der Waals surface area contributed by atoms with Gasteiger partial charge < -0.3 is 29.2 Å². The third-order valence-corrected chi connectivity index (χ3v) is 5.44. The summed E-state index contributed by atoms with van der Waals surface area (Å²) < 4.78 is 6.15. The van der Waals surface area contributed by atoms with Gasteiger partial charge in [0.15, 0.2) is 0 Å². The Balaban J connectivity index is 0.00000136. The molecule has 0 atom stereocenters. The Hall–Kier alpha value is -2.76. The molecule has 0 aliphatic carbocycles. The molecule has 0 saturated carbocycles. The van der Waals surface area contributed by atoms with Gasteiger partial charge in [0.05, 0.1) is 37.3 Å². The van der Waals surface area contributed by atoms with E-state index in [1.54, 1.807) is 0 Å². The van der Waals surface area contributed by atoms with Crippen molar-refractivity contribution in [3.05, 3.63) is 71.8 Å². The van der Waals surface area contributed by atoms with Crippen molar-refractivity contribution in [3.63, 3.8) is 0 Å². The minimum atomic E-state index is 0. The first kappa shape index (κ1) is 22.9. The van der Waals surface area contributed by atoms with E-state index in [0.717, 1.165) is 73.3 Å². The highest BCUT2D eigenvalue weighted by molar-refractivity contribution is 5.95. The Morgan fingerprint density at radius 1 is 0.548 bits per heavy atom. The Morgan fingerprint density at radius 3 is 1.29 bits per heavy atom. The predicted molar refractivity (Wildman–Crippen MR) is 115 cm³/mol. The van der Waals surface area contributed by atoms with Gasteiger partial charge in [-0.15, -0.1) is 0 Å². The van der Waals surface area contributed by atoms with Gasteiger partial charge in [-0.2, -0.15) is 0 Å². The molecule has 2 aliphatic heterocycles. The van der Waals surface area contributed by atoms with Gasteiger partial charge in [0, 0.05) is 24.0 Å². The lowest BCUT2D eigenvalue weighted by molar-refractivity contribution is -0.463. The quantitative estimate of drug-likeness (QED) is 0.316. The van der Waals surface area contributed by atoms with E-state index in [0.29, 0.717) is 0 Å². The van der Waals surface area contributed by atoms with Crippen LogP contribution in [0.15, 0.2) is 65.1 Å². The van der Waals surface area contributed by atoms with Gasteiger partial charge in [-0.1, -0.05) is 24.3 Å². The largest absolute Gasteiger partial charge is 1.00 e. The summed E-state index contributed by atoms with van der Waals surface area (Å²) >= 11 is 0. The van der Waals surface area contributed by atoms with E-state index in [1.807, 2.05) is 12.1 Å². The topological polar surface area (TPSA) is 65.1 Å². The van der Waals surface area contributed by atoms with Crippen molar-refractivity contribution in [2.75, 3.05) is 26.2 Å². The zero-order valence-corrected chi connectivity index (χ0v) is 18.7. The van der Waals surface area contributed by atoms with Gasteiger partial charge in [0.2, 0.25) is 0 Å². The van der Waals surface area contributed by atoms with Crippen LogP contribution in [0.2, 0.25) is 0 Å². The molecule has 7 heteroatoms. The van der Waals surface area contributed by atoms with E-state index in [9.17, 15) is 0 Å². The van der Waals surface area contributed by atoms with Crippen molar-refractivity contribution >= 4 is 11.7 Å². The minimum absolute atomic E-state index is 0. The highest BCUT2D eigenvalue weighted by Gasteiger charge is 2.15. The van der Waals surface area contributed by atoms with Crippen molar-refractivity contribution < 1.29 is 39.2 Å². The molecule has 0 bridgehead atoms. The van der Waals surface area contributed by atoms with Gasteiger partial charge in [0.1, 0.15) is 11.5 Å². The Kier molecular flexibility index (Phi) is 7.77. The number of hydrogen-bond donors (Lipinski definition) is 4. The predicted octanol–water partition coefficient (Wildman–Crippen LogP) is -5.74. The Bertz CT molecular complexity index is 972. The third kappa shape index (κ3) is 5.12. The molecule has 2 aromatic carbocycles. The zero-order chi connectivity index (χ0) is 19.5. The molecule has 3 aromatic rings. The smallest absolute Gasteiger partial charge is 0.274 e. The molecule has 0 spiro atoms. The summed E-state index contributed by atoms with van der Waals surface area (Å²) in [6.45, 7) is 4.09. The van der Waals surface area contributed by atoms with Crippen LogP contribution in [0.5, 0.6) is 0 Å². The van der Waals surface area contributed by atoms with E-state index in [1.165, 1.54) is 11.1 Å². The summed E-state index contributed by atoms with van der Waals surface area (Å²) in [4.78, 5) is 6.84. The fraction of sp³-hybridized carbons (Fsp3) is 0.250. The fourth-order valence-electron chi connectivity index (χ4n) is 3.81. The summed E-state index contributed by atoms with van der Waals surface area (Å²) in [7, 11) is 0. The lowest BCUT2D eigenvalue weighted by Crippen LogP contribution is -3.00. The number of hydrogen-bond acceptors (Lipinski definition) is 3. The molecule has 0 amide bonds. The molecule has 5 rings (SSSR count). The molecule has 0 fully saturated rings. The lowest BCUT2D eigenvalue weighted by atomic mass is 10.1. The zero-order valence-electron chi connectivity index (χ0n) is 17.2. The maximum Gasteiger partial charge on any atom is 0.274 e. The highest BCUT2D eigenvalue weighted by atomic mass is 35.5. The van der Waals surface area contributed by atoms with E-state index in [-0.39, 0.29) is 24.8 Å². The number of benzene rings is 2. The fourth-order valence-corrected chi connectivity index (χ4v) is 3.81. The van der Waals surface area contributed by atoms with Gasteiger partial charge in [-0.3, -0.25) is 20.6 Å². The monoisotopic (exact) mass is 456 g/mol. The van der Waals surface area contributed by atoms with Crippen LogP contribution in [0.25, 0.3) is 22.6 Å². The average Bonchev–Trinajstić information content (AvgIpc) is 3.31. The van der Waals surface area contributed by atoms with Gasteiger partial charge in [-0.25, -0.2) is 0 Å². The summed E-state index contributed by atoms with van der Waals surface area (Å²) in [5, 5.41) is 6.84. The highest BCUT2D eigenvalue weighted by Crippen LogP contribution is 2.28. The molecule has 3 heterocycles. The molecule has 1 aromatic heterocycles. The molecule has 0 saturated heterocycles. The molecule has 31 heavy (non-hydrogen) atoms. The van der Waals surface area contributed by atoms with Crippen molar-refractivity contribution in [1.82, 2.24) is 10.6 Å². The second kappa shape index (κ2) is 10.5. The van der Waals surface area contributed by atoms with Crippen LogP contribution in [-0.4, -0.2) is 37.9 Å². The van der Waals surface area contributed by atoms with E-state index >= 15 is 0 Å². The number of rotatable bonds is 4. The molecule has 162 valence electrons. The van der Waals surface area contributed by atoms with Crippen LogP contribution in [0.3, 0.4) is 0 Å². The molecule has 0 radical (unpaired) electrons. The van der Waals surface area contributed by atoms with Crippen LogP contribution in [0.1, 0.15) is 24.0 Å². The third-order valence-electron chi connectivity index (χ3n) is 5.44.